The van der Waals surface area contributed by atoms with Crippen LogP contribution in [-0.2, 0) is 7.05 Å². The fourth-order valence-corrected chi connectivity index (χ4v) is 3.57. The molecule has 3 aromatic rings. The van der Waals surface area contributed by atoms with Gasteiger partial charge in [-0.15, -0.1) is 8.78 Å². The summed E-state index contributed by atoms with van der Waals surface area (Å²) in [7, 11) is 1.56. The van der Waals surface area contributed by atoms with Gasteiger partial charge >= 0.3 is 5.57 Å². The summed E-state index contributed by atoms with van der Waals surface area (Å²) in [6.07, 6.45) is 2.04. The molecule has 1 amide bonds. The number of ether oxygens (including phenoxy) is 1. The van der Waals surface area contributed by atoms with Crippen molar-refractivity contribution >= 4 is 29.0 Å². The summed E-state index contributed by atoms with van der Waals surface area (Å²) in [5.41, 5.74) is -2.98. The third-order valence-corrected chi connectivity index (χ3v) is 5.24. The fourth-order valence-electron chi connectivity index (χ4n) is 3.48. The molecular formula is C22H19ClF3N5O3. The van der Waals surface area contributed by atoms with Gasteiger partial charge in [0.2, 0.25) is 0 Å². The zero-order chi connectivity index (χ0) is 24.5. The van der Waals surface area contributed by atoms with Gasteiger partial charge in [0.15, 0.2) is 0 Å². The van der Waals surface area contributed by atoms with Crippen molar-refractivity contribution in [3.63, 3.8) is 0 Å². The minimum absolute atomic E-state index is 0.145. The zero-order valence-electron chi connectivity index (χ0n) is 17.8. The molecule has 1 fully saturated rings. The van der Waals surface area contributed by atoms with E-state index in [1.807, 2.05) is 0 Å². The van der Waals surface area contributed by atoms with E-state index in [0.717, 1.165) is 0 Å². The Hall–Kier alpha value is -3.60. The van der Waals surface area contributed by atoms with E-state index >= 15 is 0 Å². The number of alkyl halides is 4. The Labute approximate surface area is 197 Å². The Bertz CT molecular complexity index is 1260. The first-order valence-corrected chi connectivity index (χ1v) is 10.6. The minimum Gasteiger partial charge on any atom is -0.420 e. The Kier molecular flexibility index (Phi) is 6.47. The van der Waals surface area contributed by atoms with Crippen LogP contribution in [0.25, 0.3) is 11.3 Å². The molecule has 3 heterocycles. The van der Waals surface area contributed by atoms with Gasteiger partial charge in [-0.3, -0.25) is 9.59 Å². The van der Waals surface area contributed by atoms with Gasteiger partial charge in [-0.25, -0.2) is 14.4 Å². The predicted molar refractivity (Wildman–Crippen MR) is 120 cm³/mol. The number of nitrogens with one attached hydrogen (secondary N) is 1. The highest BCUT2D eigenvalue weighted by Crippen LogP contribution is 2.31. The lowest BCUT2D eigenvalue weighted by Crippen LogP contribution is -2.23. The highest BCUT2D eigenvalue weighted by molar-refractivity contribution is 6.20. The molecule has 1 saturated heterocycles. The van der Waals surface area contributed by atoms with Crippen LogP contribution in [0.5, 0.6) is 5.75 Å². The van der Waals surface area contributed by atoms with Crippen molar-refractivity contribution in [1.29, 1.82) is 0 Å². The topological polar surface area (TPSA) is 89.3 Å². The lowest BCUT2D eigenvalue weighted by Gasteiger charge is -2.20. The first-order chi connectivity index (χ1) is 16.1. The van der Waals surface area contributed by atoms with Gasteiger partial charge in [-0.05, 0) is 36.8 Å². The third-order valence-electron chi connectivity index (χ3n) is 5.16. The summed E-state index contributed by atoms with van der Waals surface area (Å²) >= 11 is 4.74. The lowest BCUT2D eigenvalue weighted by molar-refractivity contribution is -0.0964. The Morgan fingerprint density at radius 1 is 1.24 bits per heavy atom. The van der Waals surface area contributed by atoms with E-state index < -0.39 is 17.6 Å². The quantitative estimate of drug-likeness (QED) is 0.525. The van der Waals surface area contributed by atoms with Gasteiger partial charge in [0.25, 0.3) is 11.5 Å². The second kappa shape index (κ2) is 9.34. The number of halogens is 4. The maximum absolute atomic E-state index is 13.8. The molecule has 178 valence electrons. The van der Waals surface area contributed by atoms with E-state index in [4.69, 9.17) is 11.6 Å². The van der Waals surface area contributed by atoms with Crippen LogP contribution in [0.2, 0.25) is 0 Å². The smallest absolute Gasteiger partial charge is 0.420 e. The van der Waals surface area contributed by atoms with Crippen LogP contribution in [0.4, 0.5) is 24.7 Å². The molecule has 1 N–H and O–H groups in total. The lowest BCUT2D eigenvalue weighted by atomic mass is 10.1. The van der Waals surface area contributed by atoms with Crippen molar-refractivity contribution in [3.8, 4) is 17.0 Å². The molecule has 4 rings (SSSR count). The molecule has 1 atom stereocenters. The average Bonchev–Trinajstić information content (AvgIpc) is 3.21. The number of carbonyl (C=O) groups is 1. The summed E-state index contributed by atoms with van der Waals surface area (Å²) in [4.78, 5) is 35.4. The molecule has 1 aromatic carbocycles. The molecule has 0 spiro atoms. The van der Waals surface area contributed by atoms with Crippen molar-refractivity contribution in [2.45, 2.75) is 18.2 Å². The van der Waals surface area contributed by atoms with Crippen molar-refractivity contribution < 1.29 is 22.7 Å². The van der Waals surface area contributed by atoms with E-state index in [0.29, 0.717) is 35.7 Å². The zero-order valence-corrected chi connectivity index (χ0v) is 18.6. The van der Waals surface area contributed by atoms with Crippen LogP contribution in [-0.4, -0.2) is 45.3 Å². The molecular weight excluding hydrogens is 475 g/mol. The fraction of sp³-hybridized carbons (Fsp3) is 0.273. The van der Waals surface area contributed by atoms with E-state index in [1.165, 1.54) is 53.5 Å². The Morgan fingerprint density at radius 3 is 2.59 bits per heavy atom. The average molecular weight is 494 g/mol. The number of hydrogen-bond donors (Lipinski definition) is 1. The highest BCUT2D eigenvalue weighted by Gasteiger charge is 2.28. The normalized spacial score (nSPS) is 15.9. The largest absolute Gasteiger partial charge is 0.487 e. The summed E-state index contributed by atoms with van der Waals surface area (Å²) in [5.74, 6) is -0.300. The first kappa shape index (κ1) is 23.6. The van der Waals surface area contributed by atoms with Gasteiger partial charge in [-0.2, -0.15) is 0 Å². The number of rotatable bonds is 6. The molecule has 0 unspecified atom stereocenters. The Morgan fingerprint density at radius 2 is 1.97 bits per heavy atom. The van der Waals surface area contributed by atoms with Crippen molar-refractivity contribution in [3.05, 3.63) is 64.8 Å². The van der Waals surface area contributed by atoms with Crippen molar-refractivity contribution in [1.82, 2.24) is 14.5 Å². The molecule has 1 aliphatic rings. The maximum atomic E-state index is 13.8. The van der Waals surface area contributed by atoms with E-state index in [-0.39, 0.29) is 23.4 Å². The highest BCUT2D eigenvalue weighted by atomic mass is 35.5. The van der Waals surface area contributed by atoms with Gasteiger partial charge in [0.1, 0.15) is 17.7 Å². The molecule has 0 aliphatic carbocycles. The summed E-state index contributed by atoms with van der Waals surface area (Å²) < 4.78 is 44.9. The monoisotopic (exact) mass is 493 g/mol. The molecule has 0 radical (unpaired) electrons. The minimum atomic E-state index is -3.85. The number of benzene rings is 1. The van der Waals surface area contributed by atoms with Gasteiger partial charge < -0.3 is 19.5 Å². The molecule has 1 aliphatic heterocycles. The van der Waals surface area contributed by atoms with E-state index in [9.17, 15) is 22.8 Å². The predicted octanol–water partition coefficient (Wildman–Crippen LogP) is 3.81. The Balaban J connectivity index is 1.62. The number of carbonyl (C=O) groups excluding carboxylic acids is 1. The molecule has 0 bridgehead atoms. The summed E-state index contributed by atoms with van der Waals surface area (Å²) in [6, 6.07) is 8.03. The standard InChI is InChI=1S/C22H19ClF3N5O3/c1-30-12-28-18(9-19(30)32)17-8-13(10-27-20(17)31-7-6-14(24)11-31)21(33)29-15-2-4-16(5-3-15)34-22(23,25)26/h2-5,8-10,12,14H,6-7,11H2,1H3,(H,29,33)/t14-/m1/s1. The van der Waals surface area contributed by atoms with Gasteiger partial charge in [-0.1, -0.05) is 0 Å². The number of hydrogen-bond acceptors (Lipinski definition) is 6. The second-order valence-corrected chi connectivity index (χ2v) is 8.12. The van der Waals surface area contributed by atoms with E-state index in [2.05, 4.69) is 20.0 Å². The molecule has 8 nitrogen and oxygen atoms in total. The SMILES string of the molecule is Cn1cnc(-c2cc(C(=O)Nc3ccc(OC(F)(F)Cl)cc3)cnc2N2CC[C@@H](F)C2)cc1=O. The summed E-state index contributed by atoms with van der Waals surface area (Å²) in [5, 5.41) is 2.63. The molecule has 12 heteroatoms. The van der Waals surface area contributed by atoms with Gasteiger partial charge in [0, 0.05) is 48.7 Å². The van der Waals surface area contributed by atoms with Gasteiger partial charge in [0.05, 0.1) is 24.1 Å². The van der Waals surface area contributed by atoms with E-state index in [1.54, 1.807) is 11.9 Å². The van der Waals surface area contributed by atoms with Crippen LogP contribution in [0.15, 0.2) is 53.7 Å². The number of aromatic nitrogens is 3. The number of pyridine rings is 1. The molecule has 2 aromatic heterocycles. The van der Waals surface area contributed by atoms with Crippen LogP contribution in [0.3, 0.4) is 0 Å². The van der Waals surface area contributed by atoms with Crippen LogP contribution in [0.1, 0.15) is 16.8 Å². The van der Waals surface area contributed by atoms with Crippen LogP contribution >= 0.6 is 11.6 Å². The number of aryl methyl sites for hydroxylation is 1. The third kappa shape index (κ3) is 5.48. The number of anilines is 2. The van der Waals surface area contributed by atoms with Crippen molar-refractivity contribution in [2.75, 3.05) is 23.3 Å². The maximum Gasteiger partial charge on any atom is 0.487 e. The van der Waals surface area contributed by atoms with Crippen molar-refractivity contribution in [2.24, 2.45) is 7.05 Å². The van der Waals surface area contributed by atoms with Crippen LogP contribution in [0, 0.1) is 0 Å². The van der Waals surface area contributed by atoms with Crippen LogP contribution < -0.4 is 20.5 Å². The number of amides is 1. The summed E-state index contributed by atoms with van der Waals surface area (Å²) in [6.45, 7) is 0.583. The molecule has 34 heavy (non-hydrogen) atoms. The number of nitrogens with zero attached hydrogens (tertiary/aromatic N) is 4. The second-order valence-electron chi connectivity index (χ2n) is 7.68. The molecule has 0 saturated carbocycles. The first-order valence-electron chi connectivity index (χ1n) is 10.2.